The van der Waals surface area contributed by atoms with E-state index < -0.39 is 0 Å². The van der Waals surface area contributed by atoms with Gasteiger partial charge in [-0.15, -0.1) is 0 Å². The second kappa shape index (κ2) is 11.8. The number of hydrogen-bond acceptors (Lipinski definition) is 8. The zero-order valence-electron chi connectivity index (χ0n) is 21.7. The van der Waals surface area contributed by atoms with E-state index in [1.165, 1.54) is 0 Å². The molecule has 9 heteroatoms. The van der Waals surface area contributed by atoms with E-state index in [1.54, 1.807) is 12.3 Å². The fourth-order valence-corrected chi connectivity index (χ4v) is 3.99. The summed E-state index contributed by atoms with van der Waals surface area (Å²) in [5.74, 6) is 2.99. The first kappa shape index (κ1) is 26.0. The Morgan fingerprint density at radius 3 is 2.49 bits per heavy atom. The molecule has 0 unspecified atom stereocenters. The molecule has 0 radical (unpaired) electrons. The first-order chi connectivity index (χ1) is 17.9. The average Bonchev–Trinajstić information content (AvgIpc) is 2.88. The Balaban J connectivity index is 1.54. The maximum absolute atomic E-state index is 6.64. The van der Waals surface area contributed by atoms with Crippen molar-refractivity contribution in [2.75, 3.05) is 50.0 Å². The molecule has 0 atom stereocenters. The Hall–Kier alpha value is -4.04. The van der Waals surface area contributed by atoms with E-state index in [0.29, 0.717) is 41.5 Å². The van der Waals surface area contributed by atoms with Crippen LogP contribution < -0.4 is 24.7 Å². The number of halogens is 1. The van der Waals surface area contributed by atoms with Crippen LogP contribution in [0.25, 0.3) is 10.8 Å². The number of anilines is 3. The highest BCUT2D eigenvalue weighted by atomic mass is 35.5. The lowest BCUT2D eigenvalue weighted by molar-refractivity contribution is 0.270. The summed E-state index contributed by atoms with van der Waals surface area (Å²) in [6, 6.07) is 19.9. The molecule has 192 valence electrons. The Morgan fingerprint density at radius 1 is 0.946 bits per heavy atom. The molecule has 1 aromatic heterocycles. The van der Waals surface area contributed by atoms with Crippen molar-refractivity contribution in [1.82, 2.24) is 9.97 Å². The first-order valence-corrected chi connectivity index (χ1v) is 12.3. The van der Waals surface area contributed by atoms with E-state index in [4.69, 9.17) is 21.1 Å². The summed E-state index contributed by atoms with van der Waals surface area (Å²) in [6.07, 6.45) is 1.66. The summed E-state index contributed by atoms with van der Waals surface area (Å²) in [6.45, 7) is 2.76. The van der Waals surface area contributed by atoms with E-state index in [0.717, 1.165) is 27.7 Å². The molecule has 0 saturated carbocycles. The van der Waals surface area contributed by atoms with Gasteiger partial charge in [0.05, 0.1) is 17.8 Å². The van der Waals surface area contributed by atoms with Gasteiger partial charge >= 0.3 is 0 Å². The summed E-state index contributed by atoms with van der Waals surface area (Å²) in [5, 5.41) is 7.11. The maximum Gasteiger partial charge on any atom is 0.228 e. The van der Waals surface area contributed by atoms with Gasteiger partial charge < -0.3 is 19.3 Å². The monoisotopic (exact) mass is 518 g/mol. The van der Waals surface area contributed by atoms with Gasteiger partial charge in [-0.25, -0.2) is 0 Å². The highest BCUT2D eigenvalue weighted by Gasteiger charge is 2.14. The molecule has 0 aliphatic carbocycles. The smallest absolute Gasteiger partial charge is 0.228 e. The third kappa shape index (κ3) is 6.40. The van der Waals surface area contributed by atoms with Gasteiger partial charge in [0.15, 0.2) is 17.3 Å². The lowest BCUT2D eigenvalue weighted by Gasteiger charge is -2.17. The highest BCUT2D eigenvalue weighted by Crippen LogP contribution is 2.37. The number of aromatic nitrogens is 2. The van der Waals surface area contributed by atoms with Gasteiger partial charge in [0.1, 0.15) is 12.4 Å². The lowest BCUT2D eigenvalue weighted by atomic mass is 10.1. The van der Waals surface area contributed by atoms with Crippen LogP contribution >= 0.6 is 11.6 Å². The predicted molar refractivity (Wildman–Crippen MR) is 153 cm³/mol. The molecule has 0 bridgehead atoms. The topological polar surface area (TPSA) is 75.1 Å². The molecular weight excluding hydrogens is 488 g/mol. The van der Waals surface area contributed by atoms with Gasteiger partial charge in [-0.1, -0.05) is 54.1 Å². The molecule has 3 aromatic carbocycles. The molecule has 0 aliphatic heterocycles. The predicted octanol–water partition coefficient (Wildman–Crippen LogP) is 5.84. The summed E-state index contributed by atoms with van der Waals surface area (Å²) in [5.41, 5.74) is 4.81. The molecule has 4 rings (SSSR count). The summed E-state index contributed by atoms with van der Waals surface area (Å²) < 4.78 is 12.0. The van der Waals surface area contributed by atoms with Crippen LogP contribution in [0.3, 0.4) is 0 Å². The van der Waals surface area contributed by atoms with Crippen LogP contribution in [-0.2, 0) is 6.61 Å². The fraction of sp³-hybridized carbons (Fsp3) is 0.250. The van der Waals surface area contributed by atoms with Crippen LogP contribution in [0.2, 0.25) is 5.02 Å². The maximum atomic E-state index is 6.64. The van der Waals surface area contributed by atoms with Crippen molar-refractivity contribution in [2.24, 2.45) is 5.10 Å². The van der Waals surface area contributed by atoms with Crippen molar-refractivity contribution in [1.29, 1.82) is 0 Å². The Kier molecular flexibility index (Phi) is 8.30. The van der Waals surface area contributed by atoms with E-state index in [1.807, 2.05) is 75.2 Å². The van der Waals surface area contributed by atoms with Crippen molar-refractivity contribution in [2.45, 2.75) is 13.5 Å². The van der Waals surface area contributed by atoms with E-state index >= 15 is 0 Å². The minimum Gasteiger partial charge on any atom is -0.490 e. The minimum absolute atomic E-state index is 0.367. The second-order valence-electron chi connectivity index (χ2n) is 8.76. The molecule has 1 heterocycles. The molecule has 37 heavy (non-hydrogen) atoms. The van der Waals surface area contributed by atoms with Crippen LogP contribution in [0, 0.1) is 0 Å². The van der Waals surface area contributed by atoms with Gasteiger partial charge in [0.25, 0.3) is 0 Å². The standard InChI is InChI=1S/C28H31ClN6O2/c1-6-36-24-15-19(17-30-33-25-16-26(34(2)3)32-28(31-25)35(4)5)14-23(29)27(24)37-18-21-12-9-11-20-10-7-8-13-22(20)21/h7-17H,6,18H2,1-5H3,(H,31,32,33)/b30-17+. The van der Waals surface area contributed by atoms with Gasteiger partial charge in [-0.05, 0) is 41.0 Å². The molecule has 0 spiro atoms. The van der Waals surface area contributed by atoms with E-state index in [2.05, 4.69) is 44.8 Å². The van der Waals surface area contributed by atoms with Crippen LogP contribution in [0.15, 0.2) is 65.8 Å². The van der Waals surface area contributed by atoms with Crippen LogP contribution in [0.4, 0.5) is 17.6 Å². The molecule has 0 fully saturated rings. The number of hydrazone groups is 1. The minimum atomic E-state index is 0.367. The third-order valence-corrected chi connectivity index (χ3v) is 5.82. The Labute approximate surface area is 222 Å². The number of nitrogens with zero attached hydrogens (tertiary/aromatic N) is 5. The quantitative estimate of drug-likeness (QED) is 0.209. The van der Waals surface area contributed by atoms with Crippen molar-refractivity contribution >= 4 is 46.2 Å². The van der Waals surface area contributed by atoms with Gasteiger partial charge in [0, 0.05) is 34.3 Å². The van der Waals surface area contributed by atoms with E-state index in [-0.39, 0.29) is 0 Å². The van der Waals surface area contributed by atoms with Gasteiger partial charge in [0.2, 0.25) is 5.95 Å². The second-order valence-corrected chi connectivity index (χ2v) is 9.17. The summed E-state index contributed by atoms with van der Waals surface area (Å²) in [7, 11) is 7.64. The number of fused-ring (bicyclic) bond motifs is 1. The number of hydrogen-bond donors (Lipinski definition) is 1. The summed E-state index contributed by atoms with van der Waals surface area (Å²) >= 11 is 6.64. The van der Waals surface area contributed by atoms with Gasteiger partial charge in [-0.2, -0.15) is 15.1 Å². The number of ether oxygens (including phenoxy) is 2. The Morgan fingerprint density at radius 2 is 1.73 bits per heavy atom. The molecule has 0 amide bonds. The van der Waals surface area contributed by atoms with Crippen molar-refractivity contribution < 1.29 is 9.47 Å². The average molecular weight is 519 g/mol. The highest BCUT2D eigenvalue weighted by molar-refractivity contribution is 6.32. The van der Waals surface area contributed by atoms with Crippen LogP contribution in [0.1, 0.15) is 18.1 Å². The number of nitrogens with one attached hydrogen (secondary N) is 1. The molecular formula is C28H31ClN6O2. The number of rotatable bonds is 10. The van der Waals surface area contributed by atoms with Crippen molar-refractivity contribution in [3.63, 3.8) is 0 Å². The molecule has 8 nitrogen and oxygen atoms in total. The largest absolute Gasteiger partial charge is 0.490 e. The zero-order chi connectivity index (χ0) is 26.4. The fourth-order valence-electron chi connectivity index (χ4n) is 3.72. The first-order valence-electron chi connectivity index (χ1n) is 11.9. The van der Waals surface area contributed by atoms with Gasteiger partial charge in [-0.3, -0.25) is 5.43 Å². The van der Waals surface area contributed by atoms with Crippen LogP contribution in [-0.4, -0.2) is 51.0 Å². The lowest BCUT2D eigenvalue weighted by Crippen LogP contribution is -2.17. The SMILES string of the molecule is CCOc1cc(/C=N/Nc2cc(N(C)C)nc(N(C)C)n2)cc(Cl)c1OCc1cccc2ccccc12. The van der Waals surface area contributed by atoms with E-state index in [9.17, 15) is 0 Å². The Bertz CT molecular complexity index is 1380. The van der Waals surface area contributed by atoms with Crippen molar-refractivity contribution in [3.05, 3.63) is 76.8 Å². The third-order valence-electron chi connectivity index (χ3n) is 5.54. The molecule has 0 saturated heterocycles. The molecule has 1 N–H and O–H groups in total. The molecule has 4 aromatic rings. The summed E-state index contributed by atoms with van der Waals surface area (Å²) in [4.78, 5) is 12.8. The number of benzene rings is 3. The van der Waals surface area contributed by atoms with Crippen LogP contribution in [0.5, 0.6) is 11.5 Å². The molecule has 0 aliphatic rings. The normalized spacial score (nSPS) is 11.1. The zero-order valence-corrected chi connectivity index (χ0v) is 22.5. The van der Waals surface area contributed by atoms with Crippen molar-refractivity contribution in [3.8, 4) is 11.5 Å².